The second-order valence-corrected chi connectivity index (χ2v) is 8.65. The van der Waals surface area contributed by atoms with Crippen LogP contribution in [-0.2, 0) is 16.6 Å². The molecule has 1 heterocycles. The number of aromatic nitrogens is 2. The molecule has 7 nitrogen and oxygen atoms in total. The lowest BCUT2D eigenvalue weighted by Gasteiger charge is -2.15. The minimum Gasteiger partial charge on any atom is -0.334 e. The summed E-state index contributed by atoms with van der Waals surface area (Å²) >= 11 is 0. The summed E-state index contributed by atoms with van der Waals surface area (Å²) < 4.78 is 31.8. The molecule has 1 aromatic heterocycles. The van der Waals surface area contributed by atoms with Crippen molar-refractivity contribution in [3.8, 4) is 22.8 Å². The first-order valence-corrected chi connectivity index (χ1v) is 9.85. The highest BCUT2D eigenvalue weighted by atomic mass is 35.5. The number of aryl methyl sites for hydroxylation is 1. The van der Waals surface area contributed by atoms with E-state index in [0.29, 0.717) is 23.5 Å². The maximum Gasteiger partial charge on any atom is 0.258 e. The summed E-state index contributed by atoms with van der Waals surface area (Å²) in [4.78, 5) is 4.66. The fraction of sp³-hybridized carbons (Fsp3) is 0.263. The fourth-order valence-electron chi connectivity index (χ4n) is 2.66. The van der Waals surface area contributed by atoms with Gasteiger partial charge in [-0.1, -0.05) is 29.4 Å². The Hall–Kier alpha value is -2.26. The van der Waals surface area contributed by atoms with Crippen LogP contribution in [0.2, 0.25) is 0 Å². The van der Waals surface area contributed by atoms with Crippen molar-refractivity contribution in [2.45, 2.75) is 25.3 Å². The third-order valence-corrected chi connectivity index (χ3v) is 6.44. The lowest BCUT2D eigenvalue weighted by Crippen LogP contribution is -2.23. The SMILES string of the molecule is Cc1cc(-c2nc(-c3ccc(CN)cc3)no2)cc(S(=O)(=O)N(C)C)c1C.Cl. The van der Waals surface area contributed by atoms with Crippen LogP contribution < -0.4 is 5.73 Å². The van der Waals surface area contributed by atoms with E-state index >= 15 is 0 Å². The number of hydrogen-bond donors (Lipinski definition) is 1. The monoisotopic (exact) mass is 422 g/mol. The van der Waals surface area contributed by atoms with E-state index in [9.17, 15) is 8.42 Å². The van der Waals surface area contributed by atoms with Gasteiger partial charge in [0.05, 0.1) is 4.90 Å². The number of nitrogens with two attached hydrogens (primary N) is 1. The van der Waals surface area contributed by atoms with E-state index in [1.807, 2.05) is 37.3 Å². The molecule has 2 N–H and O–H groups in total. The van der Waals surface area contributed by atoms with Crippen LogP contribution >= 0.6 is 12.4 Å². The van der Waals surface area contributed by atoms with Gasteiger partial charge in [-0.3, -0.25) is 0 Å². The first-order chi connectivity index (χ1) is 12.7. The van der Waals surface area contributed by atoms with Crippen LogP contribution in [0.5, 0.6) is 0 Å². The molecule has 0 amide bonds. The Morgan fingerprint density at radius 2 is 1.71 bits per heavy atom. The van der Waals surface area contributed by atoms with Gasteiger partial charge in [0.25, 0.3) is 5.89 Å². The molecule has 0 saturated carbocycles. The molecule has 0 aliphatic rings. The maximum atomic E-state index is 12.6. The predicted molar refractivity (Wildman–Crippen MR) is 111 cm³/mol. The van der Waals surface area contributed by atoms with Crippen molar-refractivity contribution >= 4 is 22.4 Å². The zero-order chi connectivity index (χ0) is 19.8. The van der Waals surface area contributed by atoms with Gasteiger partial charge in [0.2, 0.25) is 15.8 Å². The Kier molecular flexibility index (Phi) is 6.61. The number of sulfonamides is 1. The Morgan fingerprint density at radius 1 is 1.07 bits per heavy atom. The number of hydrogen-bond acceptors (Lipinski definition) is 6. The molecule has 0 atom stereocenters. The minimum absolute atomic E-state index is 0. The average Bonchev–Trinajstić information content (AvgIpc) is 3.13. The molecule has 0 unspecified atom stereocenters. The van der Waals surface area contributed by atoms with Gasteiger partial charge >= 0.3 is 0 Å². The molecule has 9 heteroatoms. The summed E-state index contributed by atoms with van der Waals surface area (Å²) in [5, 5.41) is 4.02. The van der Waals surface area contributed by atoms with Crippen molar-refractivity contribution in [2.24, 2.45) is 5.73 Å². The molecule has 0 aliphatic heterocycles. The summed E-state index contributed by atoms with van der Waals surface area (Å²) in [6, 6.07) is 11.0. The lowest BCUT2D eigenvalue weighted by molar-refractivity contribution is 0.432. The second kappa shape index (κ2) is 8.40. The van der Waals surface area contributed by atoms with Crippen LogP contribution in [0.3, 0.4) is 0 Å². The van der Waals surface area contributed by atoms with Gasteiger partial charge in [-0.25, -0.2) is 12.7 Å². The van der Waals surface area contributed by atoms with E-state index in [0.717, 1.165) is 16.7 Å². The van der Waals surface area contributed by atoms with Crippen molar-refractivity contribution < 1.29 is 12.9 Å². The Labute approximate surface area is 171 Å². The number of rotatable bonds is 5. The van der Waals surface area contributed by atoms with E-state index in [2.05, 4.69) is 10.1 Å². The average molecular weight is 423 g/mol. The van der Waals surface area contributed by atoms with Gasteiger partial charge in [0.15, 0.2) is 0 Å². The van der Waals surface area contributed by atoms with Crippen molar-refractivity contribution in [3.05, 3.63) is 53.1 Å². The first kappa shape index (κ1) is 22.0. The quantitative estimate of drug-likeness (QED) is 0.677. The molecule has 28 heavy (non-hydrogen) atoms. The zero-order valence-corrected chi connectivity index (χ0v) is 17.8. The van der Waals surface area contributed by atoms with Gasteiger partial charge in [-0.15, -0.1) is 12.4 Å². The van der Waals surface area contributed by atoms with Crippen LogP contribution in [0.25, 0.3) is 22.8 Å². The Balaban J connectivity index is 0.00000280. The van der Waals surface area contributed by atoms with Crippen molar-refractivity contribution in [2.75, 3.05) is 14.1 Å². The van der Waals surface area contributed by atoms with E-state index in [1.165, 1.54) is 18.4 Å². The molecule has 3 aromatic rings. The number of nitrogens with zero attached hydrogens (tertiary/aromatic N) is 3. The molecule has 2 aromatic carbocycles. The second-order valence-electron chi connectivity index (χ2n) is 6.53. The molecule has 0 saturated heterocycles. The molecule has 0 fully saturated rings. The summed E-state index contributed by atoms with van der Waals surface area (Å²) in [6.07, 6.45) is 0. The fourth-order valence-corrected chi connectivity index (χ4v) is 3.88. The molecular weight excluding hydrogens is 400 g/mol. The standard InChI is InChI=1S/C19H22N4O3S.ClH/c1-12-9-16(10-17(13(12)2)27(24,25)23(3)4)19-21-18(22-26-19)15-7-5-14(11-20)6-8-15;/h5-10H,11,20H2,1-4H3;1H. The molecular formula is C19H23ClN4O3S. The van der Waals surface area contributed by atoms with E-state index in [1.54, 1.807) is 13.0 Å². The van der Waals surface area contributed by atoms with Gasteiger partial charge in [0.1, 0.15) is 0 Å². The molecule has 3 rings (SSSR count). The maximum absolute atomic E-state index is 12.6. The summed E-state index contributed by atoms with van der Waals surface area (Å²) in [6.45, 7) is 4.10. The van der Waals surface area contributed by atoms with E-state index < -0.39 is 10.0 Å². The van der Waals surface area contributed by atoms with Crippen LogP contribution in [0.4, 0.5) is 0 Å². The predicted octanol–water partition coefficient (Wildman–Crippen LogP) is 3.15. The van der Waals surface area contributed by atoms with E-state index in [4.69, 9.17) is 10.3 Å². The highest BCUT2D eigenvalue weighted by Gasteiger charge is 2.23. The van der Waals surface area contributed by atoms with Crippen molar-refractivity contribution in [1.29, 1.82) is 0 Å². The highest BCUT2D eigenvalue weighted by molar-refractivity contribution is 7.89. The summed E-state index contributed by atoms with van der Waals surface area (Å²) in [7, 11) is -0.569. The lowest BCUT2D eigenvalue weighted by atomic mass is 10.1. The van der Waals surface area contributed by atoms with Crippen molar-refractivity contribution in [3.63, 3.8) is 0 Å². The van der Waals surface area contributed by atoms with Gasteiger partial charge in [0, 0.05) is 31.8 Å². The van der Waals surface area contributed by atoms with Crippen LogP contribution in [0.15, 0.2) is 45.8 Å². The number of benzene rings is 2. The van der Waals surface area contributed by atoms with Gasteiger partial charge in [-0.2, -0.15) is 4.98 Å². The van der Waals surface area contributed by atoms with Crippen LogP contribution in [0.1, 0.15) is 16.7 Å². The van der Waals surface area contributed by atoms with Crippen molar-refractivity contribution in [1.82, 2.24) is 14.4 Å². The van der Waals surface area contributed by atoms with E-state index in [-0.39, 0.29) is 23.2 Å². The smallest absolute Gasteiger partial charge is 0.258 e. The molecule has 0 spiro atoms. The van der Waals surface area contributed by atoms with Gasteiger partial charge < -0.3 is 10.3 Å². The number of halogens is 1. The zero-order valence-electron chi connectivity index (χ0n) is 16.1. The Morgan fingerprint density at radius 3 is 2.29 bits per heavy atom. The molecule has 150 valence electrons. The van der Waals surface area contributed by atoms with Crippen LogP contribution in [0, 0.1) is 13.8 Å². The summed E-state index contributed by atoms with van der Waals surface area (Å²) in [5.41, 5.74) is 9.52. The van der Waals surface area contributed by atoms with Crippen LogP contribution in [-0.4, -0.2) is 37.0 Å². The molecule has 0 radical (unpaired) electrons. The first-order valence-electron chi connectivity index (χ1n) is 8.41. The molecule has 0 bridgehead atoms. The third-order valence-electron chi connectivity index (χ3n) is 4.50. The summed E-state index contributed by atoms with van der Waals surface area (Å²) in [5.74, 6) is 0.704. The topological polar surface area (TPSA) is 102 Å². The minimum atomic E-state index is -3.58. The van der Waals surface area contributed by atoms with Gasteiger partial charge in [-0.05, 0) is 42.7 Å². The normalized spacial score (nSPS) is 11.5. The highest BCUT2D eigenvalue weighted by Crippen LogP contribution is 2.29. The molecule has 0 aliphatic carbocycles. The third kappa shape index (κ3) is 4.10. The largest absolute Gasteiger partial charge is 0.334 e. The Bertz CT molecular complexity index is 1080.